The average molecular weight is 289 g/mol. The highest BCUT2D eigenvalue weighted by molar-refractivity contribution is 5.94. The number of hydrogen-bond donors (Lipinski definition) is 2. The van der Waals surface area contributed by atoms with Gasteiger partial charge in [-0.1, -0.05) is 31.9 Å². The summed E-state index contributed by atoms with van der Waals surface area (Å²) in [4.78, 5) is 14.5. The molecule has 1 heterocycles. The van der Waals surface area contributed by atoms with E-state index in [-0.39, 0.29) is 5.91 Å². The highest BCUT2D eigenvalue weighted by atomic mass is 16.1. The fourth-order valence-electron chi connectivity index (χ4n) is 2.62. The molecule has 0 spiro atoms. The molecule has 0 atom stereocenters. The maximum atomic E-state index is 12.1. The van der Waals surface area contributed by atoms with E-state index in [0.717, 1.165) is 51.3 Å². The monoisotopic (exact) mass is 289 g/mol. The molecule has 116 valence electrons. The van der Waals surface area contributed by atoms with Crippen molar-refractivity contribution in [1.29, 1.82) is 0 Å². The summed E-state index contributed by atoms with van der Waals surface area (Å²) in [7, 11) is 0. The minimum absolute atomic E-state index is 0.0493. The molecule has 21 heavy (non-hydrogen) atoms. The van der Waals surface area contributed by atoms with Crippen molar-refractivity contribution in [2.24, 2.45) is 0 Å². The van der Waals surface area contributed by atoms with Gasteiger partial charge >= 0.3 is 0 Å². The molecule has 2 N–H and O–H groups in total. The Morgan fingerprint density at radius 3 is 2.86 bits per heavy atom. The van der Waals surface area contributed by atoms with Crippen molar-refractivity contribution in [2.75, 3.05) is 32.7 Å². The van der Waals surface area contributed by atoms with Gasteiger partial charge < -0.3 is 10.6 Å². The summed E-state index contributed by atoms with van der Waals surface area (Å²) < 4.78 is 0. The largest absolute Gasteiger partial charge is 0.352 e. The molecule has 1 saturated heterocycles. The summed E-state index contributed by atoms with van der Waals surface area (Å²) in [6.07, 6.45) is 3.40. The third-order valence-corrected chi connectivity index (χ3v) is 3.87. The molecule has 2 rings (SSSR count). The van der Waals surface area contributed by atoms with E-state index in [4.69, 9.17) is 0 Å². The summed E-state index contributed by atoms with van der Waals surface area (Å²) in [5.41, 5.74) is 2.00. The number of unbranched alkanes of at least 4 members (excludes halogenated alkanes) is 2. The third-order valence-electron chi connectivity index (χ3n) is 3.87. The minimum atomic E-state index is 0.0493. The van der Waals surface area contributed by atoms with Crippen LogP contribution in [-0.4, -0.2) is 43.5 Å². The summed E-state index contributed by atoms with van der Waals surface area (Å²) in [6.45, 7) is 8.13. The summed E-state index contributed by atoms with van der Waals surface area (Å²) in [6, 6.07) is 8.02. The van der Waals surface area contributed by atoms with Gasteiger partial charge in [0.05, 0.1) is 0 Å². The lowest BCUT2D eigenvalue weighted by atomic mass is 10.1. The normalized spacial score (nSPS) is 15.9. The van der Waals surface area contributed by atoms with Gasteiger partial charge in [-0.15, -0.1) is 0 Å². The number of rotatable bonds is 7. The molecule has 1 amide bonds. The van der Waals surface area contributed by atoms with Crippen LogP contribution in [0.5, 0.6) is 0 Å². The smallest absolute Gasteiger partial charge is 0.251 e. The van der Waals surface area contributed by atoms with E-state index in [2.05, 4.69) is 28.5 Å². The highest BCUT2D eigenvalue weighted by Crippen LogP contribution is 2.09. The Morgan fingerprint density at radius 1 is 1.29 bits per heavy atom. The van der Waals surface area contributed by atoms with Crippen LogP contribution in [0.2, 0.25) is 0 Å². The quantitative estimate of drug-likeness (QED) is 0.755. The van der Waals surface area contributed by atoms with Gasteiger partial charge in [0.25, 0.3) is 5.91 Å². The molecule has 0 radical (unpaired) electrons. The first-order valence-electron chi connectivity index (χ1n) is 8.10. The summed E-state index contributed by atoms with van der Waals surface area (Å²) in [5, 5.41) is 6.36. The molecule has 1 aliphatic rings. The number of hydrogen-bond acceptors (Lipinski definition) is 3. The van der Waals surface area contributed by atoms with Gasteiger partial charge in [0.15, 0.2) is 0 Å². The second-order valence-electron chi connectivity index (χ2n) is 5.69. The Bertz CT molecular complexity index is 441. The van der Waals surface area contributed by atoms with Crippen LogP contribution in [-0.2, 0) is 6.54 Å². The van der Waals surface area contributed by atoms with Gasteiger partial charge in [-0.05, 0) is 24.1 Å². The second-order valence-corrected chi connectivity index (χ2v) is 5.69. The predicted molar refractivity (Wildman–Crippen MR) is 86.4 cm³/mol. The van der Waals surface area contributed by atoms with Gasteiger partial charge in [0.1, 0.15) is 0 Å². The van der Waals surface area contributed by atoms with Crippen molar-refractivity contribution in [2.45, 2.75) is 32.7 Å². The van der Waals surface area contributed by atoms with Crippen LogP contribution in [0.25, 0.3) is 0 Å². The maximum absolute atomic E-state index is 12.1. The molecular weight excluding hydrogens is 262 g/mol. The Kier molecular flexibility index (Phi) is 6.70. The fourth-order valence-corrected chi connectivity index (χ4v) is 2.62. The van der Waals surface area contributed by atoms with E-state index in [1.54, 1.807) is 0 Å². The van der Waals surface area contributed by atoms with Crippen LogP contribution < -0.4 is 10.6 Å². The van der Waals surface area contributed by atoms with Crippen molar-refractivity contribution in [3.05, 3.63) is 35.4 Å². The molecule has 0 unspecified atom stereocenters. The first kappa shape index (κ1) is 16.0. The van der Waals surface area contributed by atoms with E-state index in [9.17, 15) is 4.79 Å². The van der Waals surface area contributed by atoms with Crippen molar-refractivity contribution >= 4 is 5.91 Å². The van der Waals surface area contributed by atoms with Crippen LogP contribution in [0.15, 0.2) is 24.3 Å². The van der Waals surface area contributed by atoms with E-state index in [0.29, 0.717) is 0 Å². The Labute approximate surface area is 127 Å². The first-order valence-corrected chi connectivity index (χ1v) is 8.10. The Balaban J connectivity index is 1.85. The number of carbonyl (C=O) groups excluding carboxylic acids is 1. The second kappa shape index (κ2) is 8.80. The van der Waals surface area contributed by atoms with Gasteiger partial charge in [-0.25, -0.2) is 0 Å². The molecule has 4 heteroatoms. The van der Waals surface area contributed by atoms with Gasteiger partial charge in [0.2, 0.25) is 0 Å². The Hall–Kier alpha value is -1.39. The summed E-state index contributed by atoms with van der Waals surface area (Å²) in [5.74, 6) is 0.0493. The van der Waals surface area contributed by atoms with Crippen molar-refractivity contribution in [3.8, 4) is 0 Å². The maximum Gasteiger partial charge on any atom is 0.251 e. The van der Waals surface area contributed by atoms with E-state index < -0.39 is 0 Å². The number of carbonyl (C=O) groups is 1. The fraction of sp³-hybridized carbons (Fsp3) is 0.588. The lowest BCUT2D eigenvalue weighted by Gasteiger charge is -2.27. The number of nitrogens with one attached hydrogen (secondary N) is 2. The number of benzene rings is 1. The zero-order valence-electron chi connectivity index (χ0n) is 13.0. The third kappa shape index (κ3) is 5.48. The average Bonchev–Trinajstić information content (AvgIpc) is 2.53. The van der Waals surface area contributed by atoms with E-state index >= 15 is 0 Å². The number of piperazine rings is 1. The zero-order chi connectivity index (χ0) is 14.9. The van der Waals surface area contributed by atoms with Crippen LogP contribution in [0.4, 0.5) is 0 Å². The van der Waals surface area contributed by atoms with Gasteiger partial charge in [-0.2, -0.15) is 0 Å². The molecule has 0 aromatic heterocycles. The van der Waals surface area contributed by atoms with Crippen molar-refractivity contribution in [3.63, 3.8) is 0 Å². The minimum Gasteiger partial charge on any atom is -0.352 e. The Morgan fingerprint density at radius 2 is 2.10 bits per heavy atom. The predicted octanol–water partition coefficient (Wildman–Crippen LogP) is 2.01. The lowest BCUT2D eigenvalue weighted by molar-refractivity contribution is 0.0952. The molecule has 1 aromatic carbocycles. The van der Waals surface area contributed by atoms with Crippen LogP contribution in [0.1, 0.15) is 42.1 Å². The zero-order valence-corrected chi connectivity index (χ0v) is 13.0. The molecule has 0 aliphatic carbocycles. The molecular formula is C17H27N3O. The lowest BCUT2D eigenvalue weighted by Crippen LogP contribution is -2.42. The molecule has 1 fully saturated rings. The SMILES string of the molecule is CCCCCNC(=O)c1cccc(CN2CCNCC2)c1. The standard InChI is InChI=1S/C17H27N3O/c1-2-3-4-8-19-17(21)16-7-5-6-15(13-16)14-20-11-9-18-10-12-20/h5-7,13,18H,2-4,8-12,14H2,1H3,(H,19,21). The number of nitrogens with zero attached hydrogens (tertiary/aromatic N) is 1. The molecule has 0 bridgehead atoms. The van der Waals surface area contributed by atoms with Crippen molar-refractivity contribution in [1.82, 2.24) is 15.5 Å². The molecule has 0 saturated carbocycles. The van der Waals surface area contributed by atoms with E-state index in [1.165, 1.54) is 18.4 Å². The van der Waals surface area contributed by atoms with Crippen LogP contribution >= 0.6 is 0 Å². The highest BCUT2D eigenvalue weighted by Gasteiger charge is 2.11. The topological polar surface area (TPSA) is 44.4 Å². The summed E-state index contributed by atoms with van der Waals surface area (Å²) >= 11 is 0. The van der Waals surface area contributed by atoms with Gasteiger partial charge in [0, 0.05) is 44.8 Å². The first-order chi connectivity index (χ1) is 10.3. The van der Waals surface area contributed by atoms with Crippen LogP contribution in [0, 0.1) is 0 Å². The molecule has 4 nitrogen and oxygen atoms in total. The molecule has 1 aliphatic heterocycles. The molecule has 1 aromatic rings. The van der Waals surface area contributed by atoms with Gasteiger partial charge in [-0.3, -0.25) is 9.69 Å². The van der Waals surface area contributed by atoms with Crippen molar-refractivity contribution < 1.29 is 4.79 Å². The van der Waals surface area contributed by atoms with E-state index in [1.807, 2.05) is 18.2 Å². The van der Waals surface area contributed by atoms with Crippen LogP contribution in [0.3, 0.4) is 0 Å². The number of amides is 1.